The molecule has 1 fully saturated rings. The molecule has 1 heterocycles. The number of benzene rings is 1. The molecule has 1 saturated carbocycles. The van der Waals surface area contributed by atoms with Crippen LogP contribution in [0.3, 0.4) is 0 Å². The van der Waals surface area contributed by atoms with Gasteiger partial charge in [0.05, 0.1) is 0 Å². The molecule has 1 aromatic carbocycles. The Kier molecular flexibility index (Phi) is 5.89. The highest BCUT2D eigenvalue weighted by atomic mass is 127. The van der Waals surface area contributed by atoms with E-state index < -0.39 is 9.84 Å². The molecular formula is C17H14ClF2IN4O2. The van der Waals surface area contributed by atoms with Crippen LogP contribution in [0.15, 0.2) is 30.5 Å². The third-order valence-corrected chi connectivity index (χ3v) is 4.88. The predicted octanol–water partition coefficient (Wildman–Crippen LogP) is 3.89. The number of rotatable bonds is 6. The number of amides is 2. The number of nitrogens with zero attached hydrogens (tertiary/aromatic N) is 2. The Balaban J connectivity index is 1.66. The van der Waals surface area contributed by atoms with Crippen molar-refractivity contribution in [1.29, 1.82) is 0 Å². The maximum atomic E-state index is 13.4. The highest BCUT2D eigenvalue weighted by Gasteiger charge is 2.30. The van der Waals surface area contributed by atoms with Crippen molar-refractivity contribution in [2.45, 2.75) is 23.3 Å². The average molecular weight is 507 g/mol. The first-order valence-electron chi connectivity index (χ1n) is 8.02. The molecule has 0 atom stereocenters. The number of hydrogen-bond donors (Lipinski definition) is 2. The first-order chi connectivity index (χ1) is 12.7. The number of carbonyl (C=O) groups excluding carboxylic acids is 2. The Morgan fingerprint density at radius 3 is 2.70 bits per heavy atom. The number of nitrogens with one attached hydrogen (secondary N) is 2. The van der Waals surface area contributed by atoms with E-state index in [-0.39, 0.29) is 40.6 Å². The van der Waals surface area contributed by atoms with E-state index >= 15 is 0 Å². The molecule has 1 aliphatic carbocycles. The fraction of sp³-hybridized carbons (Fsp3) is 0.294. The third-order valence-electron chi connectivity index (χ3n) is 3.88. The predicted molar refractivity (Wildman–Crippen MR) is 104 cm³/mol. The van der Waals surface area contributed by atoms with Gasteiger partial charge in [-0.05, 0) is 36.6 Å². The van der Waals surface area contributed by atoms with Gasteiger partial charge in [0.1, 0.15) is 5.69 Å². The Bertz CT molecular complexity index is 887. The molecule has 0 radical (unpaired) electrons. The van der Waals surface area contributed by atoms with Gasteiger partial charge in [-0.2, -0.15) is 8.78 Å². The Hall–Kier alpha value is -1.88. The van der Waals surface area contributed by atoms with Crippen molar-refractivity contribution in [3.05, 3.63) is 52.3 Å². The number of hydrogen-bond acceptors (Lipinski definition) is 4. The fourth-order valence-electron chi connectivity index (χ4n) is 2.26. The van der Waals surface area contributed by atoms with Gasteiger partial charge in [-0.3, -0.25) is 14.9 Å². The van der Waals surface area contributed by atoms with Gasteiger partial charge >= 0.3 is 3.93 Å². The highest BCUT2D eigenvalue weighted by molar-refractivity contribution is 14.1. The van der Waals surface area contributed by atoms with Gasteiger partial charge in [-0.25, -0.2) is 9.97 Å². The summed E-state index contributed by atoms with van der Waals surface area (Å²) in [6.07, 6.45) is 3.03. The summed E-state index contributed by atoms with van der Waals surface area (Å²) < 4.78 is 23.9. The molecule has 1 aromatic heterocycles. The second-order valence-corrected chi connectivity index (χ2v) is 7.78. The molecule has 0 unspecified atom stereocenters. The summed E-state index contributed by atoms with van der Waals surface area (Å²) in [6, 6.07) is 5.23. The summed E-state index contributed by atoms with van der Waals surface area (Å²) in [7, 11) is 0. The summed E-state index contributed by atoms with van der Waals surface area (Å²) in [5.74, 6) is -0.682. The van der Waals surface area contributed by atoms with Gasteiger partial charge in [0.25, 0.3) is 5.91 Å². The van der Waals surface area contributed by atoms with Crippen LogP contribution in [0.2, 0.25) is 5.02 Å². The number of aromatic nitrogens is 2. The SMILES string of the molecule is O=C(NCc1cc(C(F)(F)I)ccc1Cl)c1ccnc(NC(=O)C2CC2)n1. The second-order valence-electron chi connectivity index (χ2n) is 6.02. The lowest BCUT2D eigenvalue weighted by atomic mass is 10.1. The molecular weight excluding hydrogens is 493 g/mol. The molecule has 2 aromatic rings. The van der Waals surface area contributed by atoms with Crippen molar-refractivity contribution in [2.75, 3.05) is 5.32 Å². The van der Waals surface area contributed by atoms with Crippen LogP contribution in [0, 0.1) is 5.92 Å². The fourth-order valence-corrected chi connectivity index (χ4v) is 2.78. The molecule has 0 bridgehead atoms. The Morgan fingerprint density at radius 1 is 1.30 bits per heavy atom. The Morgan fingerprint density at radius 2 is 2.04 bits per heavy atom. The molecule has 0 aliphatic heterocycles. The van der Waals surface area contributed by atoms with Crippen LogP contribution in [0.4, 0.5) is 14.7 Å². The molecule has 1 aliphatic rings. The van der Waals surface area contributed by atoms with Gasteiger partial charge in [-0.15, -0.1) is 0 Å². The smallest absolute Gasteiger partial charge is 0.321 e. The van der Waals surface area contributed by atoms with E-state index in [0.29, 0.717) is 5.56 Å². The maximum Gasteiger partial charge on any atom is 0.321 e. The van der Waals surface area contributed by atoms with E-state index in [1.165, 1.54) is 30.5 Å². The van der Waals surface area contributed by atoms with Crippen LogP contribution in [-0.2, 0) is 15.3 Å². The van der Waals surface area contributed by atoms with Crippen LogP contribution in [-0.4, -0.2) is 21.8 Å². The number of halogens is 4. The molecule has 2 amide bonds. The summed E-state index contributed by atoms with van der Waals surface area (Å²) in [5.41, 5.74) is 0.196. The van der Waals surface area contributed by atoms with E-state index in [2.05, 4.69) is 20.6 Å². The lowest BCUT2D eigenvalue weighted by Gasteiger charge is -2.12. The van der Waals surface area contributed by atoms with Crippen LogP contribution in [0.25, 0.3) is 0 Å². The van der Waals surface area contributed by atoms with Crippen molar-refractivity contribution in [2.24, 2.45) is 5.92 Å². The van der Waals surface area contributed by atoms with Gasteiger partial charge in [-0.1, -0.05) is 17.7 Å². The molecule has 3 rings (SSSR count). The zero-order valence-corrected chi connectivity index (χ0v) is 16.7. The van der Waals surface area contributed by atoms with Crippen LogP contribution in [0.1, 0.15) is 34.5 Å². The summed E-state index contributed by atoms with van der Waals surface area (Å²) in [5, 5.41) is 5.40. The van der Waals surface area contributed by atoms with Crippen molar-refractivity contribution in [3.63, 3.8) is 0 Å². The average Bonchev–Trinajstić information content (AvgIpc) is 3.45. The van der Waals surface area contributed by atoms with E-state index in [4.69, 9.17) is 11.6 Å². The maximum absolute atomic E-state index is 13.4. The third kappa shape index (κ3) is 5.32. The van der Waals surface area contributed by atoms with E-state index in [1.54, 1.807) is 0 Å². The van der Waals surface area contributed by atoms with Crippen LogP contribution < -0.4 is 10.6 Å². The minimum atomic E-state index is -3.04. The highest BCUT2D eigenvalue weighted by Crippen LogP contribution is 2.36. The molecule has 0 spiro atoms. The van der Waals surface area contributed by atoms with Crippen molar-refractivity contribution in [1.82, 2.24) is 15.3 Å². The van der Waals surface area contributed by atoms with Crippen LogP contribution in [0.5, 0.6) is 0 Å². The standard InChI is InChI=1S/C17H14ClF2IN4O2/c18-12-4-3-11(17(19,20)21)7-10(12)8-23-15(27)13-5-6-22-16(24-13)25-14(26)9-1-2-9/h3-7,9H,1-2,8H2,(H,23,27)(H,22,24,25,26). The summed E-state index contributed by atoms with van der Waals surface area (Å²) in [6.45, 7) is -0.0496. The largest absolute Gasteiger partial charge is 0.347 e. The van der Waals surface area contributed by atoms with Gasteiger partial charge in [0.15, 0.2) is 0 Å². The van der Waals surface area contributed by atoms with Crippen molar-refractivity contribution in [3.8, 4) is 0 Å². The number of alkyl halides is 3. The molecule has 142 valence electrons. The first-order valence-corrected chi connectivity index (χ1v) is 9.47. The molecule has 27 heavy (non-hydrogen) atoms. The zero-order chi connectivity index (χ0) is 19.6. The van der Waals surface area contributed by atoms with E-state index in [0.717, 1.165) is 35.4 Å². The topological polar surface area (TPSA) is 84.0 Å². The van der Waals surface area contributed by atoms with Gasteiger partial charge in [0, 0.05) is 51.8 Å². The van der Waals surface area contributed by atoms with Crippen LogP contribution >= 0.6 is 34.2 Å². The van der Waals surface area contributed by atoms with E-state index in [9.17, 15) is 18.4 Å². The summed E-state index contributed by atoms with van der Waals surface area (Å²) in [4.78, 5) is 32.0. The molecule has 2 N–H and O–H groups in total. The number of carbonyl (C=O) groups is 2. The van der Waals surface area contributed by atoms with Crippen molar-refractivity contribution >= 4 is 52.0 Å². The zero-order valence-electron chi connectivity index (χ0n) is 13.8. The minimum Gasteiger partial charge on any atom is -0.347 e. The lowest BCUT2D eigenvalue weighted by Crippen LogP contribution is -2.25. The van der Waals surface area contributed by atoms with E-state index in [1.807, 2.05) is 0 Å². The minimum absolute atomic E-state index is 0.0171. The summed E-state index contributed by atoms with van der Waals surface area (Å²) >= 11 is 7.05. The number of anilines is 1. The normalized spacial score (nSPS) is 13.9. The molecule has 6 nitrogen and oxygen atoms in total. The molecule has 10 heteroatoms. The lowest BCUT2D eigenvalue weighted by molar-refractivity contribution is -0.117. The molecule has 0 saturated heterocycles. The monoisotopic (exact) mass is 506 g/mol. The first kappa shape index (κ1) is 19.9. The quantitative estimate of drug-likeness (QED) is 0.460. The van der Waals surface area contributed by atoms with Gasteiger partial charge in [0.2, 0.25) is 11.9 Å². The van der Waals surface area contributed by atoms with Gasteiger partial charge < -0.3 is 5.32 Å². The van der Waals surface area contributed by atoms with Crippen molar-refractivity contribution < 1.29 is 18.4 Å². The second kappa shape index (κ2) is 8.01. The Labute approximate surface area is 172 Å².